The van der Waals surface area contributed by atoms with E-state index in [2.05, 4.69) is 11.9 Å². The molecule has 0 aliphatic rings. The number of rotatable bonds is 3. The number of benzene rings is 1. The quantitative estimate of drug-likeness (QED) is 0.916. The van der Waals surface area contributed by atoms with Crippen molar-refractivity contribution in [1.29, 1.82) is 0 Å². The van der Waals surface area contributed by atoms with Gasteiger partial charge >= 0.3 is 0 Å². The minimum Gasteiger partial charge on any atom is -0.323 e. The molecule has 2 nitrogen and oxygen atoms in total. The second-order valence-corrected chi connectivity index (χ2v) is 5.17. The fourth-order valence-corrected chi connectivity index (χ4v) is 2.47. The van der Waals surface area contributed by atoms with Gasteiger partial charge in [-0.3, -0.25) is 4.98 Å². The standard InChI is InChI=1S/C14H14Cl2N2/c1-9(10-2-4-18-5-3-10)14(17)11-6-12(15)8-13(16)7-11/h2-9,14H,17H2,1H3. The largest absolute Gasteiger partial charge is 0.323 e. The van der Waals surface area contributed by atoms with Gasteiger partial charge in [0.05, 0.1) is 0 Å². The second-order valence-electron chi connectivity index (χ2n) is 4.30. The van der Waals surface area contributed by atoms with E-state index in [1.165, 1.54) is 0 Å². The van der Waals surface area contributed by atoms with Gasteiger partial charge in [-0.05, 0) is 41.5 Å². The molecule has 18 heavy (non-hydrogen) atoms. The number of nitrogens with two attached hydrogens (primary N) is 1. The van der Waals surface area contributed by atoms with Crippen molar-refractivity contribution in [2.24, 2.45) is 5.73 Å². The zero-order valence-corrected chi connectivity index (χ0v) is 11.5. The minimum absolute atomic E-state index is 0.149. The second kappa shape index (κ2) is 5.70. The molecule has 0 spiro atoms. The van der Waals surface area contributed by atoms with Crippen LogP contribution >= 0.6 is 23.2 Å². The summed E-state index contributed by atoms with van der Waals surface area (Å²) >= 11 is 12.0. The summed E-state index contributed by atoms with van der Waals surface area (Å²) in [6, 6.07) is 9.21. The van der Waals surface area contributed by atoms with Crippen molar-refractivity contribution >= 4 is 23.2 Å². The third-order valence-corrected chi connectivity index (χ3v) is 3.48. The Morgan fingerprint density at radius 1 is 1.00 bits per heavy atom. The number of nitrogens with zero attached hydrogens (tertiary/aromatic N) is 1. The van der Waals surface area contributed by atoms with Crippen LogP contribution in [0.5, 0.6) is 0 Å². The van der Waals surface area contributed by atoms with Gasteiger partial charge < -0.3 is 5.73 Å². The van der Waals surface area contributed by atoms with Crippen LogP contribution in [-0.2, 0) is 0 Å². The lowest BCUT2D eigenvalue weighted by Crippen LogP contribution is -2.17. The van der Waals surface area contributed by atoms with Crippen LogP contribution in [0.25, 0.3) is 0 Å². The lowest BCUT2D eigenvalue weighted by Gasteiger charge is -2.21. The van der Waals surface area contributed by atoms with Gasteiger partial charge in [0.1, 0.15) is 0 Å². The lowest BCUT2D eigenvalue weighted by atomic mass is 9.90. The van der Waals surface area contributed by atoms with Gasteiger partial charge in [-0.15, -0.1) is 0 Å². The summed E-state index contributed by atoms with van der Waals surface area (Å²) in [4.78, 5) is 4.01. The highest BCUT2D eigenvalue weighted by molar-refractivity contribution is 6.34. The van der Waals surface area contributed by atoms with Crippen molar-refractivity contribution < 1.29 is 0 Å². The van der Waals surface area contributed by atoms with Gasteiger partial charge in [0.2, 0.25) is 0 Å². The molecule has 2 N–H and O–H groups in total. The maximum absolute atomic E-state index is 6.27. The molecule has 0 bridgehead atoms. The summed E-state index contributed by atoms with van der Waals surface area (Å²) in [6.45, 7) is 2.08. The Bertz CT molecular complexity index is 508. The minimum atomic E-state index is -0.149. The number of hydrogen-bond acceptors (Lipinski definition) is 2. The molecule has 2 unspecified atom stereocenters. The van der Waals surface area contributed by atoms with Crippen LogP contribution in [-0.4, -0.2) is 4.98 Å². The fraction of sp³-hybridized carbons (Fsp3) is 0.214. The molecule has 2 rings (SSSR count). The van der Waals surface area contributed by atoms with Gasteiger partial charge in [0.15, 0.2) is 0 Å². The van der Waals surface area contributed by atoms with Gasteiger partial charge in [0, 0.05) is 34.4 Å². The Balaban J connectivity index is 2.28. The van der Waals surface area contributed by atoms with E-state index in [1.54, 1.807) is 18.5 Å². The van der Waals surface area contributed by atoms with E-state index in [9.17, 15) is 0 Å². The maximum Gasteiger partial charge on any atom is 0.0424 e. The number of hydrogen-bond donors (Lipinski definition) is 1. The van der Waals surface area contributed by atoms with E-state index in [0.717, 1.165) is 11.1 Å². The van der Waals surface area contributed by atoms with Crippen LogP contribution in [0.4, 0.5) is 0 Å². The predicted molar refractivity (Wildman–Crippen MR) is 76.0 cm³/mol. The summed E-state index contributed by atoms with van der Waals surface area (Å²) in [6.07, 6.45) is 3.53. The number of pyridine rings is 1. The van der Waals surface area contributed by atoms with Crippen LogP contribution in [0, 0.1) is 0 Å². The molecule has 0 amide bonds. The highest BCUT2D eigenvalue weighted by Crippen LogP contribution is 2.31. The van der Waals surface area contributed by atoms with Crippen LogP contribution in [0.2, 0.25) is 10.0 Å². The molecule has 0 saturated heterocycles. The predicted octanol–water partition coefficient (Wildman–Crippen LogP) is 4.19. The number of halogens is 2. The first-order chi connectivity index (χ1) is 8.58. The monoisotopic (exact) mass is 280 g/mol. The van der Waals surface area contributed by atoms with E-state index in [-0.39, 0.29) is 12.0 Å². The van der Waals surface area contributed by atoms with Gasteiger partial charge in [-0.2, -0.15) is 0 Å². The van der Waals surface area contributed by atoms with Crippen molar-refractivity contribution in [3.63, 3.8) is 0 Å². The fourth-order valence-electron chi connectivity index (χ4n) is 1.93. The van der Waals surface area contributed by atoms with Crippen molar-refractivity contribution in [3.05, 3.63) is 63.9 Å². The van der Waals surface area contributed by atoms with E-state index in [4.69, 9.17) is 28.9 Å². The third-order valence-electron chi connectivity index (χ3n) is 3.04. The molecule has 0 fully saturated rings. The van der Waals surface area contributed by atoms with E-state index in [0.29, 0.717) is 10.0 Å². The maximum atomic E-state index is 6.27. The molecule has 1 aromatic heterocycles. The summed E-state index contributed by atoms with van der Waals surface area (Å²) < 4.78 is 0. The van der Waals surface area contributed by atoms with Crippen LogP contribution < -0.4 is 5.73 Å². The smallest absolute Gasteiger partial charge is 0.0424 e. The third kappa shape index (κ3) is 3.02. The topological polar surface area (TPSA) is 38.9 Å². The normalized spacial score (nSPS) is 14.2. The Morgan fingerprint density at radius 2 is 1.56 bits per heavy atom. The Kier molecular flexibility index (Phi) is 4.23. The first-order valence-corrected chi connectivity index (χ1v) is 6.45. The molecule has 94 valence electrons. The summed E-state index contributed by atoms with van der Waals surface area (Å²) in [5.74, 6) is 0.169. The summed E-state index contributed by atoms with van der Waals surface area (Å²) in [7, 11) is 0. The zero-order valence-electron chi connectivity index (χ0n) is 9.98. The van der Waals surface area contributed by atoms with Crippen molar-refractivity contribution in [1.82, 2.24) is 4.98 Å². The first kappa shape index (κ1) is 13.3. The zero-order chi connectivity index (χ0) is 13.1. The molecule has 1 aromatic carbocycles. The molecule has 1 heterocycles. The molecule has 0 saturated carbocycles. The average molecular weight is 281 g/mol. The molecule has 0 radical (unpaired) electrons. The van der Waals surface area contributed by atoms with Gasteiger partial charge in [-0.25, -0.2) is 0 Å². The molecule has 0 aliphatic carbocycles. The summed E-state index contributed by atoms with van der Waals surface area (Å²) in [5.41, 5.74) is 8.36. The van der Waals surface area contributed by atoms with Gasteiger partial charge in [-0.1, -0.05) is 30.1 Å². The van der Waals surface area contributed by atoms with Crippen LogP contribution in [0.15, 0.2) is 42.7 Å². The Hall–Kier alpha value is -1.09. The van der Waals surface area contributed by atoms with Crippen LogP contribution in [0.1, 0.15) is 30.0 Å². The van der Waals surface area contributed by atoms with Crippen molar-refractivity contribution in [2.45, 2.75) is 18.9 Å². The molecule has 4 heteroatoms. The Morgan fingerprint density at radius 3 is 2.11 bits per heavy atom. The average Bonchev–Trinajstić information content (AvgIpc) is 2.37. The molecule has 2 aromatic rings. The first-order valence-electron chi connectivity index (χ1n) is 5.69. The lowest BCUT2D eigenvalue weighted by molar-refractivity contribution is 0.597. The summed E-state index contributed by atoms with van der Waals surface area (Å²) in [5, 5.41) is 1.21. The van der Waals surface area contributed by atoms with Crippen molar-refractivity contribution in [3.8, 4) is 0 Å². The molecule has 0 aliphatic heterocycles. The molecular weight excluding hydrogens is 267 g/mol. The molecule has 2 atom stereocenters. The highest BCUT2D eigenvalue weighted by Gasteiger charge is 2.17. The SMILES string of the molecule is CC(c1ccncc1)C(N)c1cc(Cl)cc(Cl)c1. The van der Waals surface area contributed by atoms with Crippen LogP contribution in [0.3, 0.4) is 0 Å². The van der Waals surface area contributed by atoms with E-state index < -0.39 is 0 Å². The van der Waals surface area contributed by atoms with E-state index >= 15 is 0 Å². The Labute approximate surface area is 117 Å². The molecular formula is C14H14Cl2N2. The van der Waals surface area contributed by atoms with E-state index in [1.807, 2.05) is 24.3 Å². The number of aromatic nitrogens is 1. The van der Waals surface area contributed by atoms with Crippen molar-refractivity contribution in [2.75, 3.05) is 0 Å². The highest BCUT2D eigenvalue weighted by atomic mass is 35.5. The van der Waals surface area contributed by atoms with Gasteiger partial charge in [0.25, 0.3) is 0 Å².